The van der Waals surface area contributed by atoms with Crippen LogP contribution in [0.4, 0.5) is 11.4 Å². The van der Waals surface area contributed by atoms with Gasteiger partial charge in [-0.2, -0.15) is 4.58 Å². The second kappa shape index (κ2) is 12.7. The Labute approximate surface area is 288 Å². The van der Waals surface area contributed by atoms with Gasteiger partial charge < -0.3 is 4.90 Å². The molecular weight excluding hydrogens is 581 g/mol. The van der Waals surface area contributed by atoms with E-state index in [9.17, 15) is 0 Å². The quantitative estimate of drug-likeness (QED) is 0.166. The van der Waals surface area contributed by atoms with E-state index in [-0.39, 0.29) is 10.8 Å². The molecule has 246 valence electrons. The van der Waals surface area contributed by atoms with E-state index >= 15 is 0 Å². The molecule has 0 unspecified atom stereocenters. The molecule has 0 fully saturated rings. The maximum Gasteiger partial charge on any atom is 0.210 e. The van der Waals surface area contributed by atoms with Crippen LogP contribution >= 0.6 is 0 Å². The third-order valence-electron chi connectivity index (χ3n) is 11.5. The summed E-state index contributed by atoms with van der Waals surface area (Å²) in [5.74, 6) is 0. The summed E-state index contributed by atoms with van der Waals surface area (Å²) in [6.07, 6.45) is 16.8. The highest BCUT2D eigenvalue weighted by Crippen LogP contribution is 2.51. The maximum atomic E-state index is 2.61. The number of allylic oxidation sites excluding steroid dienone is 8. The molecule has 4 aromatic carbocycles. The Bertz CT molecular complexity index is 2060. The number of anilines is 1. The average Bonchev–Trinajstić information content (AvgIpc) is 3.63. The van der Waals surface area contributed by atoms with Gasteiger partial charge in [-0.3, -0.25) is 0 Å². The molecule has 2 aliphatic heterocycles. The lowest BCUT2D eigenvalue weighted by atomic mass is 9.79. The maximum absolute atomic E-state index is 2.61. The number of nitrogens with zero attached hydrogens (tertiary/aromatic N) is 2. The predicted molar refractivity (Wildman–Crippen MR) is 208 cm³/mol. The largest absolute Gasteiger partial charge is 0.344 e. The zero-order valence-corrected chi connectivity index (χ0v) is 30.3. The van der Waals surface area contributed by atoms with Crippen molar-refractivity contribution in [2.24, 2.45) is 0 Å². The molecule has 0 N–H and O–H groups in total. The fraction of sp³-hybridized carbons (Fsp3) is 0.370. The molecule has 0 saturated heterocycles. The minimum atomic E-state index is -0.0637. The number of fused-ring (bicyclic) bond motifs is 6. The van der Waals surface area contributed by atoms with Crippen LogP contribution in [0, 0.1) is 0 Å². The molecule has 48 heavy (non-hydrogen) atoms. The first-order valence-electron chi connectivity index (χ1n) is 18.4. The number of unbranched alkanes of at least 4 members (excludes halogenated alkanes) is 2. The van der Waals surface area contributed by atoms with Gasteiger partial charge in [0.15, 0.2) is 5.71 Å². The van der Waals surface area contributed by atoms with E-state index in [1.54, 1.807) is 0 Å². The SMILES string of the molecule is CCCCN1/C(=C/C=C2\CCC(/C=C/C3=[N+](CCCC)c4ccc5ccccc5c4C3(C)C)=C2C)C(C)(C)c2c1ccc1ccccc21. The third kappa shape index (κ3) is 5.29. The Morgan fingerprint density at radius 3 is 2.08 bits per heavy atom. The molecule has 3 aliphatic rings. The molecule has 0 radical (unpaired) electrons. The van der Waals surface area contributed by atoms with Crippen LogP contribution in [-0.2, 0) is 10.8 Å². The molecule has 0 aromatic heterocycles. The number of rotatable bonds is 9. The average molecular weight is 634 g/mol. The first kappa shape index (κ1) is 32.4. The standard InChI is InChI=1S/C46H53N2/c1-8-10-30-47-39-26-22-35-16-12-14-18-37(35)43(39)45(4,5)41(47)28-24-33-20-21-34(32(33)3)25-29-42-46(6,7)44-38-19-15-13-17-36(38)23-27-40(44)48(42)31-11-9-2/h12-19,22-29H,8-11,20-21,30-31H2,1-7H3/q+1. The fourth-order valence-corrected chi connectivity index (χ4v) is 8.81. The Morgan fingerprint density at radius 2 is 1.38 bits per heavy atom. The molecule has 1 aliphatic carbocycles. The van der Waals surface area contributed by atoms with Crippen LogP contribution in [0.1, 0.15) is 98.1 Å². The summed E-state index contributed by atoms with van der Waals surface area (Å²) in [7, 11) is 0. The molecule has 0 saturated carbocycles. The highest BCUT2D eigenvalue weighted by Gasteiger charge is 2.45. The third-order valence-corrected chi connectivity index (χ3v) is 11.5. The van der Waals surface area contributed by atoms with Gasteiger partial charge in [0.1, 0.15) is 6.54 Å². The van der Waals surface area contributed by atoms with Crippen molar-refractivity contribution >= 4 is 38.6 Å². The van der Waals surface area contributed by atoms with Crippen molar-refractivity contribution in [1.82, 2.24) is 0 Å². The van der Waals surface area contributed by atoms with Crippen molar-refractivity contribution in [2.75, 3.05) is 18.0 Å². The Balaban J connectivity index is 1.24. The van der Waals surface area contributed by atoms with Crippen molar-refractivity contribution in [3.63, 3.8) is 0 Å². The van der Waals surface area contributed by atoms with Gasteiger partial charge in [0, 0.05) is 47.5 Å². The number of benzene rings is 4. The Kier molecular flexibility index (Phi) is 8.56. The van der Waals surface area contributed by atoms with Crippen molar-refractivity contribution < 1.29 is 4.58 Å². The first-order valence-corrected chi connectivity index (χ1v) is 18.4. The lowest BCUT2D eigenvalue weighted by Gasteiger charge is -2.27. The summed E-state index contributed by atoms with van der Waals surface area (Å²) in [6.45, 7) is 18.7. The first-order chi connectivity index (χ1) is 23.2. The van der Waals surface area contributed by atoms with E-state index in [1.165, 1.54) is 97.9 Å². The molecule has 0 bridgehead atoms. The summed E-state index contributed by atoms with van der Waals surface area (Å²) in [6, 6.07) is 27.2. The molecule has 0 amide bonds. The summed E-state index contributed by atoms with van der Waals surface area (Å²) in [5, 5.41) is 5.44. The monoisotopic (exact) mass is 633 g/mol. The molecule has 2 heteroatoms. The van der Waals surface area contributed by atoms with E-state index in [0.717, 1.165) is 25.9 Å². The number of hydrogen-bond donors (Lipinski definition) is 0. The van der Waals surface area contributed by atoms with Gasteiger partial charge in [-0.25, -0.2) is 0 Å². The van der Waals surface area contributed by atoms with Crippen LogP contribution in [0.25, 0.3) is 21.5 Å². The minimum Gasteiger partial charge on any atom is -0.344 e. The summed E-state index contributed by atoms with van der Waals surface area (Å²) in [4.78, 5) is 2.61. The summed E-state index contributed by atoms with van der Waals surface area (Å²) in [5.41, 5.74) is 12.8. The van der Waals surface area contributed by atoms with Crippen molar-refractivity contribution in [3.05, 3.63) is 131 Å². The molecule has 2 nitrogen and oxygen atoms in total. The second-order valence-corrected chi connectivity index (χ2v) is 15.2. The highest BCUT2D eigenvalue weighted by molar-refractivity contribution is 6.07. The normalized spacial score (nSPS) is 20.0. The van der Waals surface area contributed by atoms with Gasteiger partial charge in [-0.15, -0.1) is 0 Å². The molecular formula is C46H53N2+. The van der Waals surface area contributed by atoms with Crippen molar-refractivity contribution in [2.45, 2.75) is 97.8 Å². The topological polar surface area (TPSA) is 6.25 Å². The molecule has 0 atom stereocenters. The van der Waals surface area contributed by atoms with Gasteiger partial charge in [0.2, 0.25) is 5.69 Å². The second-order valence-electron chi connectivity index (χ2n) is 15.2. The van der Waals surface area contributed by atoms with Gasteiger partial charge in [-0.05, 0) is 102 Å². The van der Waals surface area contributed by atoms with E-state index < -0.39 is 0 Å². The lowest BCUT2D eigenvalue weighted by molar-refractivity contribution is -0.438. The van der Waals surface area contributed by atoms with Crippen molar-refractivity contribution in [3.8, 4) is 0 Å². The van der Waals surface area contributed by atoms with Crippen LogP contribution in [0.5, 0.6) is 0 Å². The zero-order valence-electron chi connectivity index (χ0n) is 30.3. The molecule has 0 spiro atoms. The predicted octanol–water partition coefficient (Wildman–Crippen LogP) is 12.2. The Hall–Kier alpha value is -4.17. The van der Waals surface area contributed by atoms with Crippen LogP contribution in [-0.4, -0.2) is 23.4 Å². The fourth-order valence-electron chi connectivity index (χ4n) is 8.81. The highest BCUT2D eigenvalue weighted by atomic mass is 15.2. The summed E-state index contributed by atoms with van der Waals surface area (Å²) >= 11 is 0. The van der Waals surface area contributed by atoms with Crippen LogP contribution in [0.2, 0.25) is 0 Å². The van der Waals surface area contributed by atoms with Crippen LogP contribution < -0.4 is 4.90 Å². The van der Waals surface area contributed by atoms with Crippen molar-refractivity contribution in [1.29, 1.82) is 0 Å². The molecule has 7 rings (SSSR count). The van der Waals surface area contributed by atoms with E-state index in [4.69, 9.17) is 0 Å². The smallest absolute Gasteiger partial charge is 0.210 e. The Morgan fingerprint density at radius 1 is 0.708 bits per heavy atom. The molecule has 2 heterocycles. The van der Waals surface area contributed by atoms with Gasteiger partial charge in [-0.1, -0.05) is 107 Å². The van der Waals surface area contributed by atoms with E-state index in [2.05, 4.69) is 155 Å². The van der Waals surface area contributed by atoms with Gasteiger partial charge in [0.25, 0.3) is 0 Å². The molecule has 4 aromatic rings. The van der Waals surface area contributed by atoms with Gasteiger partial charge >= 0.3 is 0 Å². The zero-order chi connectivity index (χ0) is 33.6. The van der Waals surface area contributed by atoms with Gasteiger partial charge in [0.05, 0.1) is 5.41 Å². The van der Waals surface area contributed by atoms with E-state index in [0.29, 0.717) is 0 Å². The lowest BCUT2D eigenvalue weighted by Crippen LogP contribution is -2.28. The summed E-state index contributed by atoms with van der Waals surface area (Å²) < 4.78 is 2.61. The van der Waals surface area contributed by atoms with Crippen LogP contribution in [0.3, 0.4) is 0 Å². The minimum absolute atomic E-state index is 0.0637. The van der Waals surface area contributed by atoms with E-state index in [1.807, 2.05) is 0 Å². The van der Waals surface area contributed by atoms with Crippen LogP contribution in [0.15, 0.2) is 120 Å². The number of hydrogen-bond acceptors (Lipinski definition) is 1.